The van der Waals surface area contributed by atoms with E-state index in [9.17, 15) is 14.9 Å². The fraction of sp³-hybridized carbons (Fsp3) is 0.304. The number of benzene rings is 2. The summed E-state index contributed by atoms with van der Waals surface area (Å²) in [4.78, 5) is 32.1. The van der Waals surface area contributed by atoms with E-state index in [2.05, 4.69) is 17.1 Å². The number of rotatable bonds is 7. The molecular weight excluding hydrogens is 426 g/mol. The van der Waals surface area contributed by atoms with Gasteiger partial charge < -0.3 is 15.1 Å². The molecule has 1 aliphatic heterocycles. The lowest BCUT2D eigenvalue weighted by Crippen LogP contribution is -2.46. The van der Waals surface area contributed by atoms with Gasteiger partial charge in [-0.25, -0.2) is 4.98 Å². The molecule has 1 fully saturated rings. The van der Waals surface area contributed by atoms with E-state index in [1.54, 1.807) is 12.1 Å². The Balaban J connectivity index is 1.45. The van der Waals surface area contributed by atoms with Gasteiger partial charge in [-0.1, -0.05) is 24.3 Å². The highest BCUT2D eigenvalue weighted by Crippen LogP contribution is 2.30. The zero-order valence-corrected chi connectivity index (χ0v) is 18.7. The Morgan fingerprint density at radius 3 is 2.66 bits per heavy atom. The number of hydrogen-bond donors (Lipinski definition) is 1. The van der Waals surface area contributed by atoms with Crippen LogP contribution in [0.4, 0.5) is 10.8 Å². The second kappa shape index (κ2) is 9.88. The molecule has 0 unspecified atom stereocenters. The lowest BCUT2D eigenvalue weighted by Gasteiger charge is -2.27. The molecule has 8 nitrogen and oxygen atoms in total. The molecule has 1 saturated heterocycles. The van der Waals surface area contributed by atoms with Gasteiger partial charge in [-0.2, -0.15) is 0 Å². The third-order valence-corrected chi connectivity index (χ3v) is 6.38. The molecule has 9 heteroatoms. The van der Waals surface area contributed by atoms with Gasteiger partial charge in [-0.05, 0) is 24.6 Å². The molecule has 2 heterocycles. The van der Waals surface area contributed by atoms with Gasteiger partial charge in [0.15, 0.2) is 5.13 Å². The Morgan fingerprint density at radius 1 is 1.22 bits per heavy atom. The number of thiazole rings is 1. The Labute approximate surface area is 190 Å². The van der Waals surface area contributed by atoms with Crippen molar-refractivity contribution in [2.75, 3.05) is 37.6 Å². The highest BCUT2D eigenvalue weighted by Gasteiger charge is 2.18. The number of nitro benzene ring substituents is 1. The first kappa shape index (κ1) is 21.9. The molecule has 32 heavy (non-hydrogen) atoms. The number of non-ortho nitro benzene ring substituents is 1. The van der Waals surface area contributed by atoms with E-state index in [1.165, 1.54) is 17.4 Å². The molecule has 0 spiro atoms. The number of carbonyl (C=O) groups excluding carboxylic acids is 1. The van der Waals surface area contributed by atoms with Gasteiger partial charge in [0.25, 0.3) is 11.6 Å². The van der Waals surface area contributed by atoms with Crippen LogP contribution in [0.3, 0.4) is 0 Å². The highest BCUT2D eigenvalue weighted by molar-refractivity contribution is 7.14. The second-order valence-corrected chi connectivity index (χ2v) is 8.41. The van der Waals surface area contributed by atoms with E-state index in [4.69, 9.17) is 4.98 Å². The van der Waals surface area contributed by atoms with Crippen LogP contribution in [0.25, 0.3) is 11.3 Å². The number of anilines is 1. The summed E-state index contributed by atoms with van der Waals surface area (Å²) in [6.45, 7) is 6.64. The van der Waals surface area contributed by atoms with E-state index in [1.807, 2.05) is 40.6 Å². The average Bonchev–Trinajstić information content (AvgIpc) is 3.33. The lowest BCUT2D eigenvalue weighted by molar-refractivity contribution is -0.384. The minimum Gasteiger partial charge on any atom is -0.344 e. The smallest absolute Gasteiger partial charge is 0.270 e. The lowest BCUT2D eigenvalue weighted by atomic mass is 10.1. The van der Waals surface area contributed by atoms with Gasteiger partial charge >= 0.3 is 0 Å². The van der Waals surface area contributed by atoms with Gasteiger partial charge in [-0.3, -0.25) is 14.9 Å². The van der Waals surface area contributed by atoms with Crippen molar-refractivity contribution in [1.29, 1.82) is 0 Å². The summed E-state index contributed by atoms with van der Waals surface area (Å²) in [5.74, 6) is 0.0758. The second-order valence-electron chi connectivity index (χ2n) is 7.58. The van der Waals surface area contributed by atoms with Gasteiger partial charge in [0.05, 0.1) is 10.6 Å². The molecule has 1 aromatic heterocycles. The number of nitrogens with one attached hydrogen (secondary N) is 1. The van der Waals surface area contributed by atoms with Gasteiger partial charge in [0, 0.05) is 67.9 Å². The summed E-state index contributed by atoms with van der Waals surface area (Å²) < 4.78 is 0. The van der Waals surface area contributed by atoms with Crippen molar-refractivity contribution in [3.05, 3.63) is 75.2 Å². The highest BCUT2D eigenvalue weighted by atomic mass is 32.1. The summed E-state index contributed by atoms with van der Waals surface area (Å²) >= 11 is 1.52. The maximum atomic E-state index is 12.7. The number of nitro groups is 1. The predicted molar refractivity (Wildman–Crippen MR) is 126 cm³/mol. The number of hydrogen-bond acceptors (Lipinski definition) is 7. The van der Waals surface area contributed by atoms with Gasteiger partial charge in [0.2, 0.25) is 0 Å². The van der Waals surface area contributed by atoms with E-state index in [-0.39, 0.29) is 11.6 Å². The molecule has 0 atom stereocenters. The topological polar surface area (TPSA) is 91.6 Å². The molecule has 2 aromatic carbocycles. The van der Waals surface area contributed by atoms with Gasteiger partial charge in [0.1, 0.15) is 0 Å². The SMILES string of the molecule is CCN(Cc1ccc(C(=O)N2CCNCC2)cc1)c1nc(-c2cccc([N+](=O)[O-])c2)cs1. The van der Waals surface area contributed by atoms with Crippen LogP contribution in [0.2, 0.25) is 0 Å². The van der Waals surface area contributed by atoms with E-state index < -0.39 is 4.92 Å². The fourth-order valence-corrected chi connectivity index (χ4v) is 4.56. The molecule has 0 radical (unpaired) electrons. The first-order valence-electron chi connectivity index (χ1n) is 10.6. The molecule has 0 saturated carbocycles. The molecule has 1 amide bonds. The normalized spacial score (nSPS) is 13.7. The minimum atomic E-state index is -0.397. The van der Waals surface area contributed by atoms with Crippen LogP contribution in [0.5, 0.6) is 0 Å². The van der Waals surface area contributed by atoms with Crippen LogP contribution >= 0.6 is 11.3 Å². The van der Waals surface area contributed by atoms with Crippen LogP contribution < -0.4 is 10.2 Å². The summed E-state index contributed by atoms with van der Waals surface area (Å²) in [7, 11) is 0. The average molecular weight is 452 g/mol. The third kappa shape index (κ3) is 4.95. The quantitative estimate of drug-likeness (QED) is 0.434. The van der Waals surface area contributed by atoms with Crippen LogP contribution in [0, 0.1) is 10.1 Å². The number of nitrogens with zero attached hydrogens (tertiary/aromatic N) is 4. The molecule has 4 rings (SSSR count). The molecule has 166 valence electrons. The van der Waals surface area contributed by atoms with Crippen molar-refractivity contribution in [2.45, 2.75) is 13.5 Å². The van der Waals surface area contributed by atoms with Crippen LogP contribution in [0.1, 0.15) is 22.8 Å². The van der Waals surface area contributed by atoms with Crippen LogP contribution in [-0.4, -0.2) is 53.4 Å². The van der Waals surface area contributed by atoms with Crippen molar-refractivity contribution >= 4 is 28.1 Å². The Kier molecular flexibility index (Phi) is 6.77. The Hall–Kier alpha value is -3.30. The summed E-state index contributed by atoms with van der Waals surface area (Å²) in [5, 5.41) is 17.1. The summed E-state index contributed by atoms with van der Waals surface area (Å²) in [5.41, 5.74) is 3.31. The third-order valence-electron chi connectivity index (χ3n) is 5.48. The summed E-state index contributed by atoms with van der Waals surface area (Å²) in [6, 6.07) is 14.3. The van der Waals surface area contributed by atoms with Crippen molar-refractivity contribution in [2.24, 2.45) is 0 Å². The Bertz CT molecular complexity index is 1090. The number of carbonyl (C=O) groups is 1. The fourth-order valence-electron chi connectivity index (χ4n) is 3.66. The molecule has 0 bridgehead atoms. The Morgan fingerprint density at radius 2 is 1.97 bits per heavy atom. The van der Waals surface area contributed by atoms with Crippen molar-refractivity contribution in [3.63, 3.8) is 0 Å². The van der Waals surface area contributed by atoms with E-state index in [0.29, 0.717) is 12.1 Å². The summed E-state index contributed by atoms with van der Waals surface area (Å²) in [6.07, 6.45) is 0. The van der Waals surface area contributed by atoms with E-state index >= 15 is 0 Å². The predicted octanol–water partition coefficient (Wildman–Crippen LogP) is 3.79. The van der Waals surface area contributed by atoms with Crippen LogP contribution in [0.15, 0.2) is 53.9 Å². The number of piperazine rings is 1. The first-order chi connectivity index (χ1) is 15.5. The van der Waals surface area contributed by atoms with Crippen molar-refractivity contribution in [3.8, 4) is 11.3 Å². The molecule has 1 N–H and O–H groups in total. The number of amides is 1. The first-order valence-corrected chi connectivity index (χ1v) is 11.5. The van der Waals surface area contributed by atoms with Crippen LogP contribution in [-0.2, 0) is 6.54 Å². The zero-order chi connectivity index (χ0) is 22.5. The maximum Gasteiger partial charge on any atom is 0.270 e. The zero-order valence-electron chi connectivity index (χ0n) is 17.9. The minimum absolute atomic E-state index is 0.0554. The number of aromatic nitrogens is 1. The van der Waals surface area contributed by atoms with Crippen molar-refractivity contribution < 1.29 is 9.72 Å². The van der Waals surface area contributed by atoms with Crippen molar-refractivity contribution in [1.82, 2.24) is 15.2 Å². The molecule has 0 aliphatic carbocycles. The monoisotopic (exact) mass is 451 g/mol. The molecule has 1 aliphatic rings. The standard InChI is InChI=1S/C23H25N5O3S/c1-2-26(23-25-21(16-32-23)19-4-3-5-20(14-19)28(30)31)15-17-6-8-18(9-7-17)22(29)27-12-10-24-11-13-27/h3-9,14,16,24H,2,10-13,15H2,1H3. The maximum absolute atomic E-state index is 12.7. The molecular formula is C23H25N5O3S. The van der Waals surface area contributed by atoms with Gasteiger partial charge in [-0.15, -0.1) is 11.3 Å². The molecule has 3 aromatic rings. The largest absolute Gasteiger partial charge is 0.344 e. The van der Waals surface area contributed by atoms with E-state index in [0.717, 1.165) is 54.7 Å².